The molecule has 11 heteroatoms. The van der Waals surface area contributed by atoms with E-state index in [9.17, 15) is 29.8 Å². The van der Waals surface area contributed by atoms with Gasteiger partial charge in [0.1, 0.15) is 0 Å². The van der Waals surface area contributed by atoms with Gasteiger partial charge >= 0.3 is 0 Å². The second-order valence-corrected chi connectivity index (χ2v) is 11.3. The lowest BCUT2D eigenvalue weighted by Gasteiger charge is -2.11. The van der Waals surface area contributed by atoms with Gasteiger partial charge in [-0.1, -0.05) is 18.2 Å². The van der Waals surface area contributed by atoms with Crippen LogP contribution in [0.4, 0.5) is 0 Å². The number of hydrogen-bond acceptors (Lipinski definition) is 6. The molecular weight excluding hydrogens is 428 g/mol. The summed E-state index contributed by atoms with van der Waals surface area (Å²) in [7, 11) is -13.0. The van der Waals surface area contributed by atoms with E-state index in [0.29, 0.717) is 11.6 Å². The Labute approximate surface area is 164 Å². The summed E-state index contributed by atoms with van der Waals surface area (Å²) >= 11 is 0. The zero-order valence-corrected chi connectivity index (χ0v) is 17.6. The smallest absolute Gasteiger partial charge is 0.282 e. The SMILES string of the molecule is Cc1ccc(C)c(S(=O)(=O)CCCc2ccc(S(=O)(=O)O)cc2S(=O)(=O)O)c1. The van der Waals surface area contributed by atoms with Crippen LogP contribution < -0.4 is 0 Å². The van der Waals surface area contributed by atoms with Gasteiger partial charge in [-0.25, -0.2) is 8.42 Å². The highest BCUT2D eigenvalue weighted by Crippen LogP contribution is 2.24. The summed E-state index contributed by atoms with van der Waals surface area (Å²) in [6.45, 7) is 3.45. The van der Waals surface area contributed by atoms with Crippen molar-refractivity contribution < 1.29 is 34.4 Å². The topological polar surface area (TPSA) is 143 Å². The van der Waals surface area contributed by atoms with E-state index < -0.39 is 39.9 Å². The molecule has 0 spiro atoms. The Balaban J connectivity index is 2.29. The van der Waals surface area contributed by atoms with Crippen LogP contribution in [-0.4, -0.2) is 40.1 Å². The van der Waals surface area contributed by atoms with Gasteiger partial charge in [0, 0.05) is 0 Å². The van der Waals surface area contributed by atoms with Gasteiger partial charge in [-0.15, -0.1) is 0 Å². The van der Waals surface area contributed by atoms with E-state index in [1.165, 1.54) is 0 Å². The summed E-state index contributed by atoms with van der Waals surface area (Å²) < 4.78 is 89.0. The molecule has 0 unspecified atom stereocenters. The molecule has 2 aromatic rings. The lowest BCUT2D eigenvalue weighted by molar-refractivity contribution is 0.480. The molecule has 0 amide bonds. The van der Waals surface area contributed by atoms with E-state index in [2.05, 4.69) is 0 Å². The first-order valence-corrected chi connectivity index (χ1v) is 12.6. The lowest BCUT2D eigenvalue weighted by atomic mass is 10.1. The maximum absolute atomic E-state index is 12.6. The summed E-state index contributed by atoms with van der Waals surface area (Å²) in [6.07, 6.45) is 0.00836. The summed E-state index contributed by atoms with van der Waals surface area (Å²) in [5.74, 6) is -0.262. The highest BCUT2D eigenvalue weighted by Gasteiger charge is 2.22. The number of hydrogen-bond donors (Lipinski definition) is 2. The fraction of sp³-hybridized carbons (Fsp3) is 0.294. The highest BCUT2D eigenvalue weighted by molar-refractivity contribution is 7.91. The molecule has 0 aliphatic carbocycles. The van der Waals surface area contributed by atoms with Crippen LogP contribution in [0.5, 0.6) is 0 Å². The average Bonchev–Trinajstić information content (AvgIpc) is 2.55. The molecule has 0 saturated heterocycles. The molecule has 0 heterocycles. The summed E-state index contributed by atoms with van der Waals surface area (Å²) in [6, 6.07) is 7.81. The number of aryl methyl sites for hydroxylation is 3. The van der Waals surface area contributed by atoms with Gasteiger partial charge in [0.05, 0.1) is 20.4 Å². The molecule has 0 saturated carbocycles. The van der Waals surface area contributed by atoms with Gasteiger partial charge in [-0.3, -0.25) is 9.11 Å². The molecule has 0 fully saturated rings. The molecule has 2 N–H and O–H groups in total. The van der Waals surface area contributed by atoms with Crippen molar-refractivity contribution in [1.82, 2.24) is 0 Å². The van der Waals surface area contributed by atoms with E-state index in [-0.39, 0.29) is 29.1 Å². The molecule has 8 nitrogen and oxygen atoms in total. The first-order chi connectivity index (χ1) is 12.7. The third-order valence-electron chi connectivity index (χ3n) is 4.15. The van der Waals surface area contributed by atoms with Crippen molar-refractivity contribution >= 4 is 30.1 Å². The molecule has 0 aliphatic heterocycles. The largest absolute Gasteiger partial charge is 0.294 e. The van der Waals surface area contributed by atoms with E-state index in [1.54, 1.807) is 32.0 Å². The Morgan fingerprint density at radius 1 is 0.786 bits per heavy atom. The minimum atomic E-state index is -4.77. The van der Waals surface area contributed by atoms with Crippen molar-refractivity contribution in [2.45, 2.75) is 41.4 Å². The van der Waals surface area contributed by atoms with Crippen molar-refractivity contribution in [1.29, 1.82) is 0 Å². The van der Waals surface area contributed by atoms with Crippen molar-refractivity contribution in [2.24, 2.45) is 0 Å². The van der Waals surface area contributed by atoms with Gasteiger partial charge < -0.3 is 0 Å². The standard InChI is InChI=1S/C17H20O8S3/c1-12-5-6-13(2)16(10-12)26(18,19)9-3-4-14-7-8-15(27(20,21)22)11-17(14)28(23,24)25/h5-8,10-11H,3-4,9H2,1-2H3,(H,20,21,22)(H,23,24,25). The van der Waals surface area contributed by atoms with Gasteiger partial charge in [0.25, 0.3) is 20.2 Å². The quantitative estimate of drug-likeness (QED) is 0.614. The van der Waals surface area contributed by atoms with Gasteiger partial charge in [0.15, 0.2) is 9.84 Å². The number of sulfone groups is 1. The van der Waals surface area contributed by atoms with E-state index in [4.69, 9.17) is 4.55 Å². The predicted octanol–water partition coefficient (Wildman–Crippen LogP) is 2.20. The van der Waals surface area contributed by atoms with E-state index in [0.717, 1.165) is 17.7 Å². The number of rotatable bonds is 7. The summed E-state index contributed by atoms with van der Waals surface area (Å²) in [4.78, 5) is -1.18. The first kappa shape index (κ1) is 22.5. The van der Waals surface area contributed by atoms with Gasteiger partial charge in [-0.05, 0) is 61.6 Å². The molecule has 0 radical (unpaired) electrons. The van der Waals surface area contributed by atoms with Crippen LogP contribution in [0, 0.1) is 13.8 Å². The van der Waals surface area contributed by atoms with Crippen LogP contribution in [0.2, 0.25) is 0 Å². The van der Waals surface area contributed by atoms with Crippen LogP contribution >= 0.6 is 0 Å². The fourth-order valence-electron chi connectivity index (χ4n) is 2.75. The van der Waals surface area contributed by atoms with E-state index >= 15 is 0 Å². The maximum atomic E-state index is 12.6. The monoisotopic (exact) mass is 448 g/mol. The molecule has 2 rings (SSSR count). The molecule has 0 atom stereocenters. The van der Waals surface area contributed by atoms with Crippen LogP contribution in [-0.2, 0) is 36.5 Å². The molecule has 0 bridgehead atoms. The molecular formula is C17H20O8S3. The lowest BCUT2D eigenvalue weighted by Crippen LogP contribution is -2.11. The van der Waals surface area contributed by atoms with Crippen molar-refractivity contribution in [2.75, 3.05) is 5.75 Å². The normalized spacial score (nSPS) is 12.9. The van der Waals surface area contributed by atoms with Crippen LogP contribution in [0.25, 0.3) is 0 Å². The molecule has 154 valence electrons. The molecule has 0 aliphatic rings. The minimum Gasteiger partial charge on any atom is -0.282 e. The third kappa shape index (κ3) is 5.39. The average molecular weight is 449 g/mol. The predicted molar refractivity (Wildman–Crippen MR) is 102 cm³/mol. The molecule has 2 aromatic carbocycles. The molecule has 0 aromatic heterocycles. The van der Waals surface area contributed by atoms with Crippen molar-refractivity contribution in [3.8, 4) is 0 Å². The van der Waals surface area contributed by atoms with E-state index in [1.807, 2.05) is 0 Å². The second kappa shape index (κ2) is 7.91. The Morgan fingerprint density at radius 3 is 2.00 bits per heavy atom. The second-order valence-electron chi connectivity index (χ2n) is 6.41. The van der Waals surface area contributed by atoms with Gasteiger partial charge in [0.2, 0.25) is 0 Å². The van der Waals surface area contributed by atoms with Crippen LogP contribution in [0.3, 0.4) is 0 Å². The fourth-order valence-corrected chi connectivity index (χ4v) is 5.77. The van der Waals surface area contributed by atoms with Gasteiger partial charge in [-0.2, -0.15) is 16.8 Å². The van der Waals surface area contributed by atoms with Crippen molar-refractivity contribution in [3.63, 3.8) is 0 Å². The number of benzene rings is 2. The summed E-state index contributed by atoms with van der Waals surface area (Å²) in [5, 5.41) is 0. The Hall–Kier alpha value is -1.79. The Bertz CT molecular complexity index is 1210. The zero-order chi connectivity index (χ0) is 21.3. The highest BCUT2D eigenvalue weighted by atomic mass is 32.2. The molecule has 28 heavy (non-hydrogen) atoms. The summed E-state index contributed by atoms with van der Waals surface area (Å²) in [5.41, 5.74) is 1.44. The van der Waals surface area contributed by atoms with Crippen molar-refractivity contribution in [3.05, 3.63) is 53.1 Å². The third-order valence-corrected chi connectivity index (χ3v) is 7.87. The maximum Gasteiger partial charge on any atom is 0.294 e. The van der Waals surface area contributed by atoms with Crippen LogP contribution in [0.15, 0.2) is 51.1 Å². The Kier molecular flexibility index (Phi) is 6.36. The minimum absolute atomic E-state index is 0.0367. The van der Waals surface area contributed by atoms with Crippen LogP contribution in [0.1, 0.15) is 23.1 Å². The first-order valence-electron chi connectivity index (χ1n) is 8.10. The Morgan fingerprint density at radius 2 is 1.43 bits per heavy atom. The zero-order valence-electron chi connectivity index (χ0n) is 15.2.